The summed E-state index contributed by atoms with van der Waals surface area (Å²) >= 11 is 0. The number of carbonyl (C=O) groups is 2. The molecule has 0 atom stereocenters. The lowest BCUT2D eigenvalue weighted by molar-refractivity contribution is -0.121. The zero-order valence-corrected chi connectivity index (χ0v) is 17.5. The number of imidazole rings is 1. The first-order valence-electron chi connectivity index (χ1n) is 11.1. The lowest BCUT2D eigenvalue weighted by atomic mass is 9.96. The number of aromatic amines is 1. The summed E-state index contributed by atoms with van der Waals surface area (Å²) in [5, 5.41) is 3.03. The molecule has 5 rings (SSSR count). The Morgan fingerprint density at radius 1 is 0.903 bits per heavy atom. The monoisotopic (exact) mass is 417 g/mol. The van der Waals surface area contributed by atoms with Gasteiger partial charge in [0.1, 0.15) is 5.82 Å². The minimum atomic E-state index is -0.0577. The molecule has 7 nitrogen and oxygen atoms in total. The maximum atomic E-state index is 12.7. The van der Waals surface area contributed by atoms with Crippen LogP contribution in [0.3, 0.4) is 0 Å². The van der Waals surface area contributed by atoms with Crippen LogP contribution in [0, 0.1) is 5.92 Å². The molecule has 2 aromatic carbocycles. The van der Waals surface area contributed by atoms with Gasteiger partial charge in [0.15, 0.2) is 0 Å². The number of rotatable bonds is 3. The van der Waals surface area contributed by atoms with Crippen molar-refractivity contribution in [3.8, 4) is 11.4 Å². The summed E-state index contributed by atoms with van der Waals surface area (Å²) in [6, 6.07) is 15.8. The number of fused-ring (bicyclic) bond motifs is 1. The lowest BCUT2D eigenvalue weighted by Gasteiger charge is -2.34. The highest BCUT2D eigenvalue weighted by atomic mass is 16.2. The van der Waals surface area contributed by atoms with E-state index in [0.29, 0.717) is 25.9 Å². The first kappa shape index (κ1) is 19.6. The van der Waals surface area contributed by atoms with E-state index >= 15 is 0 Å². The molecule has 2 N–H and O–H groups in total. The van der Waals surface area contributed by atoms with E-state index in [2.05, 4.69) is 15.3 Å². The van der Waals surface area contributed by atoms with Gasteiger partial charge >= 0.3 is 6.03 Å². The molecular formula is C24H27N5O2. The van der Waals surface area contributed by atoms with Crippen LogP contribution in [0.15, 0.2) is 48.5 Å². The molecule has 3 heterocycles. The summed E-state index contributed by atoms with van der Waals surface area (Å²) < 4.78 is 0. The Bertz CT molecular complexity index is 1040. The summed E-state index contributed by atoms with van der Waals surface area (Å²) in [6.07, 6.45) is 3.62. The van der Waals surface area contributed by atoms with Crippen LogP contribution in [0.2, 0.25) is 0 Å². The quantitative estimate of drug-likeness (QED) is 0.673. The third-order valence-corrected chi connectivity index (χ3v) is 6.33. The van der Waals surface area contributed by atoms with Crippen molar-refractivity contribution in [3.63, 3.8) is 0 Å². The fraction of sp³-hybridized carbons (Fsp3) is 0.375. The SMILES string of the molecule is O=C(Nc1ccc(-c2nc3ccccc3[nH]2)cc1)C1CCN(C(=O)N2CCCC2)CC1. The van der Waals surface area contributed by atoms with Crippen LogP contribution in [-0.2, 0) is 4.79 Å². The van der Waals surface area contributed by atoms with E-state index in [0.717, 1.165) is 54.0 Å². The molecule has 2 saturated heterocycles. The molecule has 2 fully saturated rings. The summed E-state index contributed by atoms with van der Waals surface area (Å²) in [6.45, 7) is 3.03. The predicted molar refractivity (Wildman–Crippen MR) is 121 cm³/mol. The first-order valence-corrected chi connectivity index (χ1v) is 11.1. The molecule has 31 heavy (non-hydrogen) atoms. The number of para-hydroxylation sites is 2. The summed E-state index contributed by atoms with van der Waals surface area (Å²) in [5.41, 5.74) is 3.69. The van der Waals surface area contributed by atoms with Crippen LogP contribution in [0.4, 0.5) is 10.5 Å². The van der Waals surface area contributed by atoms with Gasteiger partial charge in [0, 0.05) is 43.3 Å². The first-order chi connectivity index (χ1) is 15.2. The predicted octanol–water partition coefficient (Wildman–Crippen LogP) is 4.10. The second-order valence-electron chi connectivity index (χ2n) is 8.41. The number of nitrogens with one attached hydrogen (secondary N) is 2. The van der Waals surface area contributed by atoms with Crippen LogP contribution in [0.5, 0.6) is 0 Å². The number of amides is 3. The van der Waals surface area contributed by atoms with Crippen molar-refractivity contribution in [1.29, 1.82) is 0 Å². The molecule has 3 aromatic rings. The Labute approximate surface area is 181 Å². The number of likely N-dealkylation sites (tertiary alicyclic amines) is 2. The van der Waals surface area contributed by atoms with Gasteiger partial charge in [-0.25, -0.2) is 9.78 Å². The molecule has 1 aromatic heterocycles. The van der Waals surface area contributed by atoms with Gasteiger partial charge in [-0.3, -0.25) is 4.79 Å². The average molecular weight is 418 g/mol. The van der Waals surface area contributed by atoms with Crippen molar-refractivity contribution in [1.82, 2.24) is 19.8 Å². The number of aromatic nitrogens is 2. The van der Waals surface area contributed by atoms with Crippen LogP contribution in [-0.4, -0.2) is 57.9 Å². The van der Waals surface area contributed by atoms with Crippen molar-refractivity contribution in [2.24, 2.45) is 5.92 Å². The van der Waals surface area contributed by atoms with E-state index in [-0.39, 0.29) is 17.9 Å². The maximum absolute atomic E-state index is 12.7. The number of nitrogens with zero attached hydrogens (tertiary/aromatic N) is 3. The topological polar surface area (TPSA) is 81.3 Å². The van der Waals surface area contributed by atoms with Crippen LogP contribution in [0.25, 0.3) is 22.4 Å². The average Bonchev–Trinajstić information content (AvgIpc) is 3.49. The summed E-state index contributed by atoms with van der Waals surface area (Å²) in [5.74, 6) is 0.788. The molecule has 0 spiro atoms. The fourth-order valence-electron chi connectivity index (χ4n) is 4.49. The van der Waals surface area contributed by atoms with Crippen molar-refractivity contribution >= 4 is 28.7 Å². The molecule has 3 amide bonds. The second-order valence-corrected chi connectivity index (χ2v) is 8.41. The molecule has 0 aliphatic carbocycles. The Morgan fingerprint density at radius 2 is 1.58 bits per heavy atom. The molecule has 160 valence electrons. The number of benzene rings is 2. The molecule has 0 bridgehead atoms. The van der Waals surface area contributed by atoms with Crippen LogP contribution >= 0.6 is 0 Å². The highest BCUT2D eigenvalue weighted by molar-refractivity contribution is 5.93. The summed E-state index contributed by atoms with van der Waals surface area (Å²) in [7, 11) is 0. The van der Waals surface area contributed by atoms with Gasteiger partial charge in [0.25, 0.3) is 0 Å². The number of hydrogen-bond donors (Lipinski definition) is 2. The fourth-order valence-corrected chi connectivity index (χ4v) is 4.49. The van der Waals surface area contributed by atoms with E-state index in [1.54, 1.807) is 0 Å². The molecule has 0 radical (unpaired) electrons. The normalized spacial score (nSPS) is 17.3. The number of anilines is 1. The van der Waals surface area contributed by atoms with Crippen molar-refractivity contribution in [2.45, 2.75) is 25.7 Å². The van der Waals surface area contributed by atoms with Crippen molar-refractivity contribution in [3.05, 3.63) is 48.5 Å². The lowest BCUT2D eigenvalue weighted by Crippen LogP contribution is -2.47. The Hall–Kier alpha value is -3.35. The van der Waals surface area contributed by atoms with E-state index < -0.39 is 0 Å². The zero-order valence-electron chi connectivity index (χ0n) is 17.5. The van der Waals surface area contributed by atoms with E-state index in [9.17, 15) is 9.59 Å². The van der Waals surface area contributed by atoms with E-state index in [1.165, 1.54) is 0 Å². The van der Waals surface area contributed by atoms with E-state index in [1.807, 2.05) is 58.3 Å². The molecular weight excluding hydrogens is 390 g/mol. The molecule has 0 unspecified atom stereocenters. The molecule has 2 aliphatic heterocycles. The Balaban J connectivity index is 1.17. The molecule has 2 aliphatic rings. The highest BCUT2D eigenvalue weighted by Gasteiger charge is 2.30. The third kappa shape index (κ3) is 4.13. The van der Waals surface area contributed by atoms with E-state index in [4.69, 9.17) is 0 Å². The van der Waals surface area contributed by atoms with Crippen molar-refractivity contribution < 1.29 is 9.59 Å². The van der Waals surface area contributed by atoms with Gasteiger partial charge in [0.2, 0.25) is 5.91 Å². The summed E-state index contributed by atoms with van der Waals surface area (Å²) in [4.78, 5) is 37.0. The van der Waals surface area contributed by atoms with Crippen molar-refractivity contribution in [2.75, 3.05) is 31.5 Å². The Kier molecular flexibility index (Phi) is 5.32. The largest absolute Gasteiger partial charge is 0.338 e. The minimum Gasteiger partial charge on any atom is -0.338 e. The van der Waals surface area contributed by atoms with Crippen LogP contribution < -0.4 is 5.32 Å². The second kappa shape index (κ2) is 8.41. The van der Waals surface area contributed by atoms with Gasteiger partial charge in [-0.05, 0) is 62.1 Å². The highest BCUT2D eigenvalue weighted by Crippen LogP contribution is 2.24. The number of H-pyrrole nitrogens is 1. The number of hydrogen-bond acceptors (Lipinski definition) is 3. The number of piperidine rings is 1. The molecule has 7 heteroatoms. The standard InChI is InChI=1S/C24H27N5O2/c30-23(18-11-15-29(16-12-18)24(31)28-13-3-4-14-28)25-19-9-7-17(8-10-19)22-26-20-5-1-2-6-21(20)27-22/h1-2,5-10,18H,3-4,11-16H2,(H,25,30)(H,26,27). The zero-order chi connectivity index (χ0) is 21.2. The van der Waals surface area contributed by atoms with Gasteiger partial charge in [0.05, 0.1) is 11.0 Å². The Morgan fingerprint density at radius 3 is 2.29 bits per heavy atom. The van der Waals surface area contributed by atoms with Crippen LogP contribution in [0.1, 0.15) is 25.7 Å². The van der Waals surface area contributed by atoms with Gasteiger partial charge in [-0.15, -0.1) is 0 Å². The van der Waals surface area contributed by atoms with Gasteiger partial charge < -0.3 is 20.1 Å². The van der Waals surface area contributed by atoms with Gasteiger partial charge in [-0.2, -0.15) is 0 Å². The minimum absolute atomic E-state index is 0.0322. The smallest absolute Gasteiger partial charge is 0.319 e. The third-order valence-electron chi connectivity index (χ3n) is 6.33. The number of carbonyl (C=O) groups excluding carboxylic acids is 2. The molecule has 0 saturated carbocycles. The maximum Gasteiger partial charge on any atom is 0.319 e. The van der Waals surface area contributed by atoms with Gasteiger partial charge in [-0.1, -0.05) is 12.1 Å². The number of urea groups is 1.